The second-order valence-electron chi connectivity index (χ2n) is 6.14. The molecule has 1 aromatic heterocycles. The molecule has 1 unspecified atom stereocenters. The molecule has 3 aromatic rings. The molecule has 0 spiro atoms. The number of benzene rings is 2. The molecule has 0 bridgehead atoms. The number of hydrazone groups is 1. The van der Waals surface area contributed by atoms with Gasteiger partial charge >= 0.3 is 5.91 Å². The van der Waals surface area contributed by atoms with Gasteiger partial charge in [0.05, 0.1) is 21.3 Å². The van der Waals surface area contributed by atoms with Crippen LogP contribution in [0.4, 0.5) is 0 Å². The van der Waals surface area contributed by atoms with Crippen molar-refractivity contribution in [3.63, 3.8) is 0 Å². The van der Waals surface area contributed by atoms with Gasteiger partial charge in [-0.2, -0.15) is 5.10 Å². The van der Waals surface area contributed by atoms with Crippen molar-refractivity contribution in [1.29, 1.82) is 0 Å². The van der Waals surface area contributed by atoms with Gasteiger partial charge in [0.25, 0.3) is 0 Å². The minimum atomic E-state index is -0.425. The maximum Gasteiger partial charge on any atom is 0.307 e. The van der Waals surface area contributed by atoms with Gasteiger partial charge in [-0.05, 0) is 87.2 Å². The van der Waals surface area contributed by atoms with Crippen molar-refractivity contribution in [1.82, 2.24) is 5.43 Å². The van der Waals surface area contributed by atoms with E-state index in [2.05, 4.69) is 65.2 Å². The van der Waals surface area contributed by atoms with Crippen molar-refractivity contribution < 1.29 is 13.9 Å². The zero-order valence-electron chi connectivity index (χ0n) is 15.1. The number of nitrogens with zero attached hydrogens (tertiary/aromatic N) is 1. The predicted octanol–water partition coefficient (Wildman–Crippen LogP) is 6.66. The molecule has 5 nitrogen and oxygen atoms in total. The van der Waals surface area contributed by atoms with Crippen LogP contribution in [0.25, 0.3) is 11.0 Å². The maximum atomic E-state index is 12.3. The van der Waals surface area contributed by atoms with Gasteiger partial charge in [0, 0.05) is 9.86 Å². The number of furan rings is 1. The molecule has 0 aliphatic carbocycles. The lowest BCUT2D eigenvalue weighted by Gasteiger charge is -2.14. The first-order valence-corrected chi connectivity index (χ1v) is 10.9. The number of halogens is 3. The Hall–Kier alpha value is -1.64. The van der Waals surface area contributed by atoms with E-state index in [0.717, 1.165) is 36.5 Å². The van der Waals surface area contributed by atoms with Crippen LogP contribution < -0.4 is 10.2 Å². The molecule has 1 atom stereocenters. The lowest BCUT2D eigenvalue weighted by Crippen LogP contribution is -2.16. The molecule has 2 aromatic carbocycles. The summed E-state index contributed by atoms with van der Waals surface area (Å²) in [6.45, 7) is 4.09. The topological polar surface area (TPSA) is 63.8 Å². The SMILES string of the molecule is CCC(C)Oc1ccc(/C=N\NC(=O)c2cc3cc(Br)cc(Br)c3o2)cc1Br. The van der Waals surface area contributed by atoms with Crippen LogP contribution in [-0.4, -0.2) is 18.2 Å². The molecule has 1 amide bonds. The molecule has 0 saturated heterocycles. The molecule has 8 heteroatoms. The molecule has 0 aliphatic rings. The summed E-state index contributed by atoms with van der Waals surface area (Å²) >= 11 is 10.3. The molecular formula is C20H17Br3N2O3. The van der Waals surface area contributed by atoms with Crippen LogP contribution in [0.5, 0.6) is 5.75 Å². The molecule has 0 aliphatic heterocycles. The number of hydrogen-bond donors (Lipinski definition) is 1. The van der Waals surface area contributed by atoms with Crippen molar-refractivity contribution >= 4 is 70.9 Å². The Kier molecular flexibility index (Phi) is 6.95. The minimum Gasteiger partial charge on any atom is -0.490 e. The van der Waals surface area contributed by atoms with Crippen molar-refractivity contribution in [2.24, 2.45) is 5.10 Å². The Bertz CT molecular complexity index is 1050. The number of carbonyl (C=O) groups is 1. The average Bonchev–Trinajstić information content (AvgIpc) is 3.08. The normalized spacial score (nSPS) is 12.5. The summed E-state index contributed by atoms with van der Waals surface area (Å²) in [6, 6.07) is 11.0. The maximum absolute atomic E-state index is 12.3. The summed E-state index contributed by atoms with van der Waals surface area (Å²) in [5.74, 6) is 0.533. The number of nitrogens with one attached hydrogen (secondary N) is 1. The molecule has 0 fully saturated rings. The van der Waals surface area contributed by atoms with Gasteiger partial charge in [-0.25, -0.2) is 5.43 Å². The van der Waals surface area contributed by atoms with E-state index < -0.39 is 5.91 Å². The highest BCUT2D eigenvalue weighted by Gasteiger charge is 2.14. The van der Waals surface area contributed by atoms with Gasteiger partial charge in [0.1, 0.15) is 11.3 Å². The second-order valence-corrected chi connectivity index (χ2v) is 8.77. The zero-order chi connectivity index (χ0) is 20.3. The van der Waals surface area contributed by atoms with E-state index in [0.29, 0.717) is 5.58 Å². The van der Waals surface area contributed by atoms with E-state index in [9.17, 15) is 4.79 Å². The van der Waals surface area contributed by atoms with E-state index in [-0.39, 0.29) is 11.9 Å². The number of fused-ring (bicyclic) bond motifs is 1. The minimum absolute atomic E-state index is 0.138. The van der Waals surface area contributed by atoms with Crippen LogP contribution in [0.15, 0.2) is 59.3 Å². The smallest absolute Gasteiger partial charge is 0.307 e. The molecule has 3 rings (SSSR count). The van der Waals surface area contributed by atoms with Crippen LogP contribution in [0, 0.1) is 0 Å². The first-order chi connectivity index (χ1) is 13.4. The summed E-state index contributed by atoms with van der Waals surface area (Å²) in [6.07, 6.45) is 2.63. The molecule has 1 N–H and O–H groups in total. The molecule has 146 valence electrons. The van der Waals surface area contributed by atoms with Crippen LogP contribution in [-0.2, 0) is 0 Å². The van der Waals surface area contributed by atoms with Crippen LogP contribution in [0.3, 0.4) is 0 Å². The molecule has 1 heterocycles. The number of carbonyl (C=O) groups excluding carboxylic acids is 1. The fourth-order valence-corrected chi connectivity index (χ4v) is 4.23. The first kappa shape index (κ1) is 21.1. The quantitative estimate of drug-likeness (QED) is 0.265. The third-order valence-electron chi connectivity index (χ3n) is 4.00. The lowest BCUT2D eigenvalue weighted by molar-refractivity contribution is 0.0929. The lowest BCUT2D eigenvalue weighted by atomic mass is 10.2. The fourth-order valence-electron chi connectivity index (χ4n) is 2.40. The molecule has 0 saturated carbocycles. The zero-order valence-corrected chi connectivity index (χ0v) is 19.9. The Labute approximate surface area is 187 Å². The van der Waals surface area contributed by atoms with Gasteiger partial charge in [-0.3, -0.25) is 4.79 Å². The number of ether oxygens (including phenoxy) is 1. The Morgan fingerprint density at radius 1 is 1.21 bits per heavy atom. The first-order valence-electron chi connectivity index (χ1n) is 8.55. The van der Waals surface area contributed by atoms with Gasteiger partial charge < -0.3 is 9.15 Å². The highest BCUT2D eigenvalue weighted by Crippen LogP contribution is 2.31. The Morgan fingerprint density at radius 2 is 2.00 bits per heavy atom. The second kappa shape index (κ2) is 9.24. The summed E-state index contributed by atoms with van der Waals surface area (Å²) in [7, 11) is 0. The highest BCUT2D eigenvalue weighted by molar-refractivity contribution is 9.11. The van der Waals surface area contributed by atoms with Gasteiger partial charge in [0.2, 0.25) is 0 Å². The summed E-state index contributed by atoms with van der Waals surface area (Å²) in [5.41, 5.74) is 3.91. The monoisotopic (exact) mass is 570 g/mol. The molecule has 0 radical (unpaired) electrons. The third-order valence-corrected chi connectivity index (χ3v) is 5.66. The van der Waals surface area contributed by atoms with E-state index >= 15 is 0 Å². The van der Waals surface area contributed by atoms with Gasteiger partial charge in [0.15, 0.2) is 5.76 Å². The largest absolute Gasteiger partial charge is 0.490 e. The standard InChI is InChI=1S/C20H17Br3N2O3/c1-3-11(2)27-17-5-4-12(6-15(17)22)10-24-25-20(26)18-8-13-7-14(21)9-16(23)19(13)28-18/h4-11H,3H2,1-2H3,(H,25,26)/b24-10-. The predicted molar refractivity (Wildman–Crippen MR) is 121 cm³/mol. The van der Waals surface area contributed by atoms with Gasteiger partial charge in [-0.1, -0.05) is 22.9 Å². The Morgan fingerprint density at radius 3 is 2.71 bits per heavy atom. The van der Waals surface area contributed by atoms with Crippen molar-refractivity contribution in [3.8, 4) is 5.75 Å². The summed E-state index contributed by atoms with van der Waals surface area (Å²) in [5, 5.41) is 4.82. The van der Waals surface area contributed by atoms with E-state index in [4.69, 9.17) is 9.15 Å². The van der Waals surface area contributed by atoms with Crippen molar-refractivity contribution in [2.45, 2.75) is 26.4 Å². The van der Waals surface area contributed by atoms with Crippen LogP contribution in [0.2, 0.25) is 0 Å². The fraction of sp³-hybridized carbons (Fsp3) is 0.200. The number of hydrogen-bond acceptors (Lipinski definition) is 4. The third kappa shape index (κ3) is 5.04. The van der Waals surface area contributed by atoms with Crippen molar-refractivity contribution in [2.75, 3.05) is 0 Å². The van der Waals surface area contributed by atoms with Crippen molar-refractivity contribution in [3.05, 3.63) is 61.1 Å². The van der Waals surface area contributed by atoms with E-state index in [1.54, 1.807) is 12.3 Å². The summed E-state index contributed by atoms with van der Waals surface area (Å²) in [4.78, 5) is 12.3. The Balaban J connectivity index is 1.68. The van der Waals surface area contributed by atoms with E-state index in [1.807, 2.05) is 37.3 Å². The van der Waals surface area contributed by atoms with E-state index in [1.165, 1.54) is 0 Å². The molecular weight excluding hydrogens is 556 g/mol. The number of amides is 1. The van der Waals surface area contributed by atoms with Crippen LogP contribution in [0.1, 0.15) is 36.4 Å². The average molecular weight is 573 g/mol. The highest BCUT2D eigenvalue weighted by atomic mass is 79.9. The van der Waals surface area contributed by atoms with Gasteiger partial charge in [-0.15, -0.1) is 0 Å². The van der Waals surface area contributed by atoms with Crippen LogP contribution >= 0.6 is 47.8 Å². The number of rotatable bonds is 6. The molecule has 28 heavy (non-hydrogen) atoms. The summed E-state index contributed by atoms with van der Waals surface area (Å²) < 4.78 is 13.9.